The van der Waals surface area contributed by atoms with Gasteiger partial charge in [0.1, 0.15) is 0 Å². The van der Waals surface area contributed by atoms with Crippen molar-refractivity contribution in [2.45, 2.75) is 6.92 Å². The first kappa shape index (κ1) is 8.52. The molecule has 0 saturated carbocycles. The number of hydrogen-bond donors (Lipinski definition) is 1. The van der Waals surface area contributed by atoms with E-state index >= 15 is 0 Å². The first-order valence-electron chi connectivity index (χ1n) is 2.50. The Bertz CT molecular complexity index is 188. The highest BCUT2D eigenvalue weighted by atomic mass is 16.4. The number of rotatable bonds is 3. The maximum absolute atomic E-state index is 10.4. The summed E-state index contributed by atoms with van der Waals surface area (Å²) >= 11 is 0. The Labute approximate surface area is 56.9 Å². The van der Waals surface area contributed by atoms with Crippen molar-refractivity contribution >= 4 is 18.0 Å². The lowest BCUT2D eigenvalue weighted by molar-refractivity contribution is -0.143. The van der Waals surface area contributed by atoms with E-state index in [1.807, 2.05) is 0 Å². The standard InChI is InChI=1S/C5H6N2O3/c1-3(8)4(2-7-6)5(9)10/h2,4H,1H3,(H,9,10). The summed E-state index contributed by atoms with van der Waals surface area (Å²) in [6.45, 7) is 1.11. The summed E-state index contributed by atoms with van der Waals surface area (Å²) in [4.78, 5) is 23.0. The Kier molecular flexibility index (Phi) is 3.01. The zero-order chi connectivity index (χ0) is 8.15. The van der Waals surface area contributed by atoms with Gasteiger partial charge in [-0.3, -0.25) is 9.59 Å². The first-order chi connectivity index (χ1) is 4.59. The van der Waals surface area contributed by atoms with E-state index in [-0.39, 0.29) is 0 Å². The van der Waals surface area contributed by atoms with Crippen molar-refractivity contribution in [2.24, 2.45) is 5.92 Å². The third kappa shape index (κ3) is 2.19. The first-order valence-corrected chi connectivity index (χ1v) is 2.50. The molecule has 0 heterocycles. The Morgan fingerprint density at radius 2 is 2.20 bits per heavy atom. The van der Waals surface area contributed by atoms with E-state index in [9.17, 15) is 9.59 Å². The Balaban J connectivity index is 4.41. The maximum atomic E-state index is 10.4. The van der Waals surface area contributed by atoms with Crippen LogP contribution in [0.2, 0.25) is 0 Å². The maximum Gasteiger partial charge on any atom is 0.325 e. The molecule has 0 amide bonds. The number of carboxylic acids is 1. The molecule has 0 aliphatic rings. The number of carbonyl (C=O) groups is 2. The van der Waals surface area contributed by atoms with E-state index in [1.54, 1.807) is 0 Å². The third-order valence-corrected chi connectivity index (χ3v) is 0.920. The molecule has 0 aromatic heterocycles. The van der Waals surface area contributed by atoms with Crippen molar-refractivity contribution in [3.05, 3.63) is 5.53 Å². The minimum absolute atomic E-state index is 0.565. The van der Waals surface area contributed by atoms with E-state index in [0.29, 0.717) is 6.21 Å². The number of carbonyl (C=O) groups excluding carboxylic acids is 1. The van der Waals surface area contributed by atoms with Crippen molar-refractivity contribution < 1.29 is 19.5 Å². The number of aliphatic carboxylic acids is 1. The second-order valence-electron chi connectivity index (χ2n) is 1.69. The lowest BCUT2D eigenvalue weighted by Crippen LogP contribution is -2.22. The van der Waals surface area contributed by atoms with Crippen molar-refractivity contribution in [1.82, 2.24) is 0 Å². The summed E-state index contributed by atoms with van der Waals surface area (Å²) in [7, 11) is 0. The van der Waals surface area contributed by atoms with Crippen molar-refractivity contribution in [3.63, 3.8) is 0 Å². The van der Waals surface area contributed by atoms with Gasteiger partial charge in [0.15, 0.2) is 5.78 Å². The molecular weight excluding hydrogens is 136 g/mol. The van der Waals surface area contributed by atoms with Crippen LogP contribution in [-0.4, -0.2) is 27.9 Å². The zero-order valence-electron chi connectivity index (χ0n) is 5.31. The molecule has 0 aromatic rings. The van der Waals surface area contributed by atoms with E-state index in [2.05, 4.69) is 4.79 Å². The summed E-state index contributed by atoms with van der Waals surface area (Å²) in [5.41, 5.74) is 7.89. The van der Waals surface area contributed by atoms with Gasteiger partial charge in [-0.2, -0.15) is 4.79 Å². The molecule has 0 saturated heterocycles. The van der Waals surface area contributed by atoms with Crippen LogP contribution in [0, 0.1) is 5.92 Å². The molecule has 0 aliphatic heterocycles. The van der Waals surface area contributed by atoms with Crippen LogP contribution in [0.3, 0.4) is 0 Å². The topological polar surface area (TPSA) is 90.8 Å². The van der Waals surface area contributed by atoms with Gasteiger partial charge in [0, 0.05) is 0 Å². The van der Waals surface area contributed by atoms with Gasteiger partial charge in [-0.1, -0.05) is 0 Å². The molecule has 0 radical (unpaired) electrons. The van der Waals surface area contributed by atoms with Gasteiger partial charge in [-0.05, 0) is 6.92 Å². The monoisotopic (exact) mass is 142 g/mol. The molecule has 5 heteroatoms. The average molecular weight is 142 g/mol. The number of hydrogen-bond acceptors (Lipinski definition) is 2. The Morgan fingerprint density at radius 3 is 2.30 bits per heavy atom. The highest BCUT2D eigenvalue weighted by Crippen LogP contribution is 1.92. The van der Waals surface area contributed by atoms with Crippen LogP contribution in [0.1, 0.15) is 6.92 Å². The molecule has 1 atom stereocenters. The minimum atomic E-state index is -1.33. The Morgan fingerprint density at radius 1 is 1.70 bits per heavy atom. The molecule has 0 bridgehead atoms. The van der Waals surface area contributed by atoms with Crippen LogP contribution in [0.25, 0.3) is 5.53 Å². The molecule has 10 heavy (non-hydrogen) atoms. The normalized spacial score (nSPS) is 11.3. The smallest absolute Gasteiger partial charge is 0.325 e. The molecule has 0 aromatic carbocycles. The van der Waals surface area contributed by atoms with E-state index in [0.717, 1.165) is 6.92 Å². The lowest BCUT2D eigenvalue weighted by Gasteiger charge is -1.92. The van der Waals surface area contributed by atoms with E-state index in [1.165, 1.54) is 0 Å². The zero-order valence-corrected chi connectivity index (χ0v) is 5.31. The molecule has 54 valence electrons. The fourth-order valence-electron chi connectivity index (χ4n) is 0.409. The minimum Gasteiger partial charge on any atom is -0.480 e. The number of carboxylic acid groups (broad SMARTS) is 1. The average Bonchev–Trinajstić information content (AvgIpc) is 1.81. The van der Waals surface area contributed by atoms with E-state index < -0.39 is 17.7 Å². The molecule has 0 fully saturated rings. The quantitative estimate of drug-likeness (QED) is 0.251. The SMILES string of the molecule is CC(=O)C(C=[N+]=[N-])C(=O)O. The molecule has 0 aliphatic carbocycles. The highest BCUT2D eigenvalue weighted by molar-refractivity contribution is 6.09. The van der Waals surface area contributed by atoms with Crippen LogP contribution in [-0.2, 0) is 9.59 Å². The largest absolute Gasteiger partial charge is 0.480 e. The van der Waals surface area contributed by atoms with Gasteiger partial charge in [-0.15, -0.1) is 0 Å². The van der Waals surface area contributed by atoms with Crippen LogP contribution < -0.4 is 0 Å². The van der Waals surface area contributed by atoms with Crippen LogP contribution in [0.5, 0.6) is 0 Å². The summed E-state index contributed by atoms with van der Waals surface area (Å²) in [5.74, 6) is -3.21. The molecule has 0 rings (SSSR count). The second-order valence-corrected chi connectivity index (χ2v) is 1.69. The molecule has 1 N–H and O–H groups in total. The van der Waals surface area contributed by atoms with Crippen LogP contribution in [0.15, 0.2) is 0 Å². The van der Waals surface area contributed by atoms with Gasteiger partial charge >= 0.3 is 5.97 Å². The fourth-order valence-corrected chi connectivity index (χ4v) is 0.409. The predicted octanol–water partition coefficient (Wildman–Crippen LogP) is -0.423. The molecule has 5 nitrogen and oxygen atoms in total. The molecule has 0 spiro atoms. The number of nitrogens with zero attached hydrogens (tertiary/aromatic N) is 2. The van der Waals surface area contributed by atoms with Crippen molar-refractivity contribution in [2.75, 3.05) is 0 Å². The van der Waals surface area contributed by atoms with Crippen LogP contribution >= 0.6 is 0 Å². The van der Waals surface area contributed by atoms with Gasteiger partial charge in [0.2, 0.25) is 5.92 Å². The van der Waals surface area contributed by atoms with Crippen molar-refractivity contribution in [3.8, 4) is 0 Å². The van der Waals surface area contributed by atoms with Gasteiger partial charge in [-0.25, -0.2) is 0 Å². The Hall–Kier alpha value is -1.48. The summed E-state index contributed by atoms with van der Waals surface area (Å²) < 4.78 is 0. The molecular formula is C5H6N2O3. The van der Waals surface area contributed by atoms with Gasteiger partial charge in [0.25, 0.3) is 6.21 Å². The summed E-state index contributed by atoms with van der Waals surface area (Å²) in [5, 5.41) is 8.25. The van der Waals surface area contributed by atoms with Gasteiger partial charge < -0.3 is 10.6 Å². The highest BCUT2D eigenvalue weighted by Gasteiger charge is 2.24. The van der Waals surface area contributed by atoms with E-state index in [4.69, 9.17) is 10.6 Å². The molecule has 1 unspecified atom stereocenters. The predicted molar refractivity (Wildman–Crippen MR) is 31.5 cm³/mol. The van der Waals surface area contributed by atoms with Crippen molar-refractivity contribution in [1.29, 1.82) is 0 Å². The third-order valence-electron chi connectivity index (χ3n) is 0.920. The summed E-state index contributed by atoms with van der Waals surface area (Å²) in [6.07, 6.45) is 0.671. The fraction of sp³-hybridized carbons (Fsp3) is 0.400. The number of ketones is 1. The number of Topliss-reactive ketones (excluding diaryl/α,β-unsaturated/α-hetero) is 1. The summed E-state index contributed by atoms with van der Waals surface area (Å²) in [6, 6.07) is 0. The van der Waals surface area contributed by atoms with Crippen LogP contribution in [0.4, 0.5) is 0 Å². The second kappa shape index (κ2) is 3.53. The lowest BCUT2D eigenvalue weighted by atomic mass is 10.1. The van der Waals surface area contributed by atoms with Gasteiger partial charge in [0.05, 0.1) is 0 Å².